The first-order valence-electron chi connectivity index (χ1n) is 9.73. The molecule has 0 fully saturated rings. The second-order valence-corrected chi connectivity index (χ2v) is 8.64. The molecule has 2 aromatic carbocycles. The van der Waals surface area contributed by atoms with Crippen LogP contribution in [0.2, 0.25) is 0 Å². The highest BCUT2D eigenvalue weighted by atomic mass is 79.9. The number of amides is 2. The largest absolute Gasteiger partial charge is 0.494 e. The lowest BCUT2D eigenvalue weighted by Gasteiger charge is -2.29. The van der Waals surface area contributed by atoms with Crippen LogP contribution in [0, 0.1) is 28.6 Å². The van der Waals surface area contributed by atoms with Crippen molar-refractivity contribution in [2.45, 2.75) is 12.8 Å². The van der Waals surface area contributed by atoms with Crippen LogP contribution in [-0.4, -0.2) is 24.2 Å². The summed E-state index contributed by atoms with van der Waals surface area (Å²) in [7, 11) is 0. The fourth-order valence-electron chi connectivity index (χ4n) is 3.31. The number of hydrogen-bond acceptors (Lipinski definition) is 6. The van der Waals surface area contributed by atoms with Crippen LogP contribution < -0.4 is 15.4 Å². The Kier molecular flexibility index (Phi) is 7.93. The number of nitriles is 2. The highest BCUT2D eigenvalue weighted by Crippen LogP contribution is 2.42. The number of anilines is 1. The Morgan fingerprint density at radius 2 is 1.94 bits per heavy atom. The van der Waals surface area contributed by atoms with Gasteiger partial charge in [-0.25, -0.2) is 0 Å². The molecule has 0 spiro atoms. The first-order chi connectivity index (χ1) is 15.5. The summed E-state index contributed by atoms with van der Waals surface area (Å²) in [5.41, 5.74) is 1.45. The molecule has 9 heteroatoms. The van der Waals surface area contributed by atoms with E-state index in [1.807, 2.05) is 25.1 Å². The quantitative estimate of drug-likeness (QED) is 0.573. The van der Waals surface area contributed by atoms with Gasteiger partial charge in [0.15, 0.2) is 0 Å². The number of para-hydroxylation sites is 1. The zero-order valence-corrected chi connectivity index (χ0v) is 19.5. The van der Waals surface area contributed by atoms with Gasteiger partial charge in [-0.3, -0.25) is 9.59 Å². The first-order valence-corrected chi connectivity index (χ1v) is 11.5. The van der Waals surface area contributed by atoms with Gasteiger partial charge in [-0.2, -0.15) is 10.5 Å². The van der Waals surface area contributed by atoms with Crippen molar-refractivity contribution in [3.8, 4) is 17.9 Å². The summed E-state index contributed by atoms with van der Waals surface area (Å²) in [6.45, 7) is 2.23. The van der Waals surface area contributed by atoms with Crippen molar-refractivity contribution in [1.82, 2.24) is 5.32 Å². The fraction of sp³-hybridized carbons (Fsp3) is 0.217. The molecule has 0 aromatic heterocycles. The minimum Gasteiger partial charge on any atom is -0.494 e. The van der Waals surface area contributed by atoms with Gasteiger partial charge in [0.1, 0.15) is 11.7 Å². The van der Waals surface area contributed by atoms with Crippen molar-refractivity contribution in [2.75, 3.05) is 17.7 Å². The normalized spacial score (nSPS) is 17.7. The van der Waals surface area contributed by atoms with Crippen molar-refractivity contribution in [3.63, 3.8) is 0 Å². The van der Waals surface area contributed by atoms with Gasteiger partial charge in [-0.05, 0) is 37.3 Å². The maximum Gasteiger partial charge on any atom is 0.243 e. The standard InChI is InChI=1S/C23H19BrN4O3S/c1-2-31-19-6-4-3-5-16(19)21-17(11-25)22(30)28-23(18(21)12-26)32-13-20(29)27-15-9-7-14(24)8-10-15/h3-10,17,21H,2,13H2,1H3,(H,27,29)(H,28,30)/t17-,21-/m0/s1. The molecule has 2 aromatic rings. The van der Waals surface area contributed by atoms with Crippen LogP contribution in [0.25, 0.3) is 0 Å². The maximum absolute atomic E-state index is 12.7. The third-order valence-electron chi connectivity index (χ3n) is 4.70. The molecule has 1 aliphatic rings. The first kappa shape index (κ1) is 23.4. The Labute approximate surface area is 198 Å². The minimum atomic E-state index is -1.09. The third kappa shape index (κ3) is 5.31. The lowest BCUT2D eigenvalue weighted by molar-refractivity contribution is -0.123. The average Bonchev–Trinajstić information content (AvgIpc) is 2.79. The molecular weight excluding hydrogens is 492 g/mol. The molecule has 0 radical (unpaired) electrons. The predicted octanol–water partition coefficient (Wildman–Crippen LogP) is 4.31. The molecule has 162 valence electrons. The van der Waals surface area contributed by atoms with Crippen molar-refractivity contribution in [2.24, 2.45) is 5.92 Å². The number of carbonyl (C=O) groups is 2. The molecule has 1 heterocycles. The van der Waals surface area contributed by atoms with Crippen LogP contribution in [-0.2, 0) is 9.59 Å². The molecule has 3 rings (SSSR count). The van der Waals surface area contributed by atoms with Crippen LogP contribution in [0.4, 0.5) is 5.69 Å². The van der Waals surface area contributed by atoms with Gasteiger partial charge >= 0.3 is 0 Å². The highest BCUT2D eigenvalue weighted by Gasteiger charge is 2.40. The van der Waals surface area contributed by atoms with Gasteiger partial charge in [0.2, 0.25) is 11.8 Å². The Hall–Kier alpha value is -3.27. The summed E-state index contributed by atoms with van der Waals surface area (Å²) in [4.78, 5) is 25.1. The topological polar surface area (TPSA) is 115 Å². The molecule has 7 nitrogen and oxygen atoms in total. The minimum absolute atomic E-state index is 0.0199. The fourth-order valence-corrected chi connectivity index (χ4v) is 4.42. The van der Waals surface area contributed by atoms with Gasteiger partial charge in [0, 0.05) is 15.7 Å². The highest BCUT2D eigenvalue weighted by molar-refractivity contribution is 9.10. The number of thioether (sulfide) groups is 1. The van der Waals surface area contributed by atoms with E-state index < -0.39 is 17.7 Å². The van der Waals surface area contributed by atoms with Crippen molar-refractivity contribution >= 4 is 45.2 Å². The SMILES string of the molecule is CCOc1ccccc1[C@@H]1C(C#N)=C(SCC(=O)Nc2ccc(Br)cc2)NC(=O)[C@H]1C#N. The van der Waals surface area contributed by atoms with E-state index in [1.165, 1.54) is 0 Å². The number of rotatable bonds is 7. The smallest absolute Gasteiger partial charge is 0.243 e. The number of hydrogen-bond donors (Lipinski definition) is 2. The van der Waals surface area contributed by atoms with Crippen molar-refractivity contribution in [1.29, 1.82) is 10.5 Å². The third-order valence-corrected chi connectivity index (χ3v) is 6.24. The predicted molar refractivity (Wildman–Crippen MR) is 125 cm³/mol. The number of ether oxygens (including phenoxy) is 1. The summed E-state index contributed by atoms with van der Waals surface area (Å²) in [5.74, 6) is -2.19. The Morgan fingerprint density at radius 3 is 2.59 bits per heavy atom. The molecule has 1 aliphatic heterocycles. The van der Waals surface area contributed by atoms with Crippen LogP contribution in [0.15, 0.2) is 63.6 Å². The van der Waals surface area contributed by atoms with Gasteiger partial charge in [-0.15, -0.1) is 0 Å². The molecule has 2 N–H and O–H groups in total. The van der Waals surface area contributed by atoms with Crippen LogP contribution in [0.5, 0.6) is 5.75 Å². The van der Waals surface area contributed by atoms with E-state index in [4.69, 9.17) is 4.74 Å². The monoisotopic (exact) mass is 510 g/mol. The van der Waals surface area contributed by atoms with E-state index in [9.17, 15) is 20.1 Å². The van der Waals surface area contributed by atoms with Gasteiger partial charge < -0.3 is 15.4 Å². The number of allylic oxidation sites excluding steroid dienone is 1. The van der Waals surface area contributed by atoms with Crippen LogP contribution in [0.1, 0.15) is 18.4 Å². The zero-order chi connectivity index (χ0) is 23.1. The Bertz CT molecular complexity index is 1140. The Morgan fingerprint density at radius 1 is 1.22 bits per heavy atom. The van der Waals surface area contributed by atoms with Crippen molar-refractivity contribution in [3.05, 3.63) is 69.2 Å². The van der Waals surface area contributed by atoms with E-state index in [0.717, 1.165) is 16.2 Å². The summed E-state index contributed by atoms with van der Waals surface area (Å²) in [6, 6.07) is 18.3. The molecular formula is C23H19BrN4O3S. The van der Waals surface area contributed by atoms with E-state index in [0.29, 0.717) is 23.6 Å². The molecule has 2 atom stereocenters. The molecule has 0 saturated heterocycles. The van der Waals surface area contributed by atoms with Gasteiger partial charge in [0.25, 0.3) is 0 Å². The summed E-state index contributed by atoms with van der Waals surface area (Å²) in [6.07, 6.45) is 0. The number of halogens is 1. The number of carbonyl (C=O) groups excluding carboxylic acids is 2. The van der Waals surface area contributed by atoms with Crippen LogP contribution in [0.3, 0.4) is 0 Å². The van der Waals surface area contributed by atoms with E-state index in [-0.39, 0.29) is 22.3 Å². The molecule has 0 unspecified atom stereocenters. The zero-order valence-electron chi connectivity index (χ0n) is 17.1. The number of benzene rings is 2. The van der Waals surface area contributed by atoms with Gasteiger partial charge in [0.05, 0.1) is 41.0 Å². The summed E-state index contributed by atoms with van der Waals surface area (Å²) >= 11 is 4.39. The summed E-state index contributed by atoms with van der Waals surface area (Å²) < 4.78 is 6.56. The number of nitrogens with zero attached hydrogens (tertiary/aromatic N) is 2. The average molecular weight is 511 g/mol. The van der Waals surface area contributed by atoms with E-state index in [1.54, 1.807) is 36.4 Å². The van der Waals surface area contributed by atoms with E-state index >= 15 is 0 Å². The maximum atomic E-state index is 12.7. The van der Waals surface area contributed by atoms with Crippen LogP contribution >= 0.6 is 27.7 Å². The van der Waals surface area contributed by atoms with E-state index in [2.05, 4.69) is 32.6 Å². The molecule has 0 aliphatic carbocycles. The lowest BCUT2D eigenvalue weighted by Crippen LogP contribution is -2.39. The molecule has 2 amide bonds. The lowest BCUT2D eigenvalue weighted by atomic mass is 9.79. The molecule has 0 saturated carbocycles. The Balaban J connectivity index is 1.88. The van der Waals surface area contributed by atoms with Crippen molar-refractivity contribution < 1.29 is 14.3 Å². The molecule has 0 bridgehead atoms. The second kappa shape index (κ2) is 10.9. The van der Waals surface area contributed by atoms with Gasteiger partial charge in [-0.1, -0.05) is 45.9 Å². The summed E-state index contributed by atoms with van der Waals surface area (Å²) in [5, 5.41) is 25.2. The number of nitrogens with one attached hydrogen (secondary N) is 2. The second-order valence-electron chi connectivity index (χ2n) is 6.74. The molecule has 32 heavy (non-hydrogen) atoms.